The van der Waals surface area contributed by atoms with E-state index in [0.717, 1.165) is 13.0 Å². The Morgan fingerprint density at radius 3 is 2.42 bits per heavy atom. The van der Waals surface area contributed by atoms with Crippen molar-refractivity contribution in [3.8, 4) is 0 Å². The second-order valence-electron chi connectivity index (χ2n) is 7.20. The third-order valence-corrected chi connectivity index (χ3v) is 6.10. The van der Waals surface area contributed by atoms with E-state index in [1.165, 1.54) is 25.7 Å². The summed E-state index contributed by atoms with van der Waals surface area (Å²) in [6.07, 6.45) is 6.80. The molecule has 3 rings (SSSR count). The predicted molar refractivity (Wildman–Crippen MR) is 75.9 cm³/mol. The second kappa shape index (κ2) is 5.01. The minimum atomic E-state index is 0.206. The summed E-state index contributed by atoms with van der Waals surface area (Å²) in [5, 5.41) is 0. The van der Waals surface area contributed by atoms with Crippen molar-refractivity contribution in [2.45, 2.75) is 76.7 Å². The van der Waals surface area contributed by atoms with Gasteiger partial charge in [-0.05, 0) is 57.8 Å². The summed E-state index contributed by atoms with van der Waals surface area (Å²) < 4.78 is 12.0. The number of hydrogen-bond donors (Lipinski definition) is 1. The van der Waals surface area contributed by atoms with E-state index in [9.17, 15) is 0 Å². The lowest BCUT2D eigenvalue weighted by atomic mass is 9.67. The summed E-state index contributed by atoms with van der Waals surface area (Å²) in [4.78, 5) is 0. The molecule has 0 bridgehead atoms. The van der Waals surface area contributed by atoms with Crippen LogP contribution in [0.15, 0.2) is 0 Å². The summed E-state index contributed by atoms with van der Waals surface area (Å²) in [5.74, 6) is 1.71. The van der Waals surface area contributed by atoms with Gasteiger partial charge in [0.15, 0.2) is 0 Å². The Hall–Kier alpha value is -0.120. The molecule has 0 amide bonds. The third-order valence-electron chi connectivity index (χ3n) is 6.10. The predicted octanol–water partition coefficient (Wildman–Crippen LogP) is 2.72. The van der Waals surface area contributed by atoms with Crippen LogP contribution in [0.5, 0.6) is 0 Å². The van der Waals surface area contributed by atoms with Crippen molar-refractivity contribution in [2.75, 3.05) is 6.61 Å². The van der Waals surface area contributed by atoms with E-state index in [4.69, 9.17) is 15.2 Å². The normalized spacial score (nSPS) is 47.1. The van der Waals surface area contributed by atoms with Crippen LogP contribution in [0.4, 0.5) is 0 Å². The van der Waals surface area contributed by atoms with E-state index in [1.807, 2.05) is 0 Å². The molecule has 0 aromatic heterocycles. The fraction of sp³-hybridized carbons (Fsp3) is 1.00. The second-order valence-corrected chi connectivity index (χ2v) is 7.20. The molecule has 1 aliphatic carbocycles. The third kappa shape index (κ3) is 2.34. The molecule has 0 radical (unpaired) electrons. The smallest absolute Gasteiger partial charge is 0.0685 e. The molecule has 2 saturated heterocycles. The van der Waals surface area contributed by atoms with Crippen molar-refractivity contribution >= 4 is 0 Å². The highest BCUT2D eigenvalue weighted by Crippen LogP contribution is 2.47. The first-order chi connectivity index (χ1) is 9.02. The van der Waals surface area contributed by atoms with Crippen LogP contribution in [0.3, 0.4) is 0 Å². The van der Waals surface area contributed by atoms with E-state index in [1.54, 1.807) is 0 Å². The molecule has 3 aliphatic rings. The molecular weight excluding hydrogens is 238 g/mol. The Bertz CT molecular complexity index is 329. The lowest BCUT2D eigenvalue weighted by Crippen LogP contribution is -2.52. The minimum absolute atomic E-state index is 0.206. The number of hydrogen-bond acceptors (Lipinski definition) is 3. The van der Waals surface area contributed by atoms with Gasteiger partial charge in [-0.15, -0.1) is 0 Å². The van der Waals surface area contributed by atoms with Crippen LogP contribution < -0.4 is 5.73 Å². The van der Waals surface area contributed by atoms with Crippen molar-refractivity contribution < 1.29 is 9.47 Å². The fourth-order valence-electron chi connectivity index (χ4n) is 4.59. The summed E-state index contributed by atoms with van der Waals surface area (Å²) in [6, 6.07) is 0.274. The number of rotatable bonds is 2. The molecular formula is C16H29NO2. The van der Waals surface area contributed by atoms with Gasteiger partial charge >= 0.3 is 0 Å². The number of ether oxygens (including phenoxy) is 2. The highest BCUT2D eigenvalue weighted by atomic mass is 16.5. The topological polar surface area (TPSA) is 44.5 Å². The summed E-state index contributed by atoms with van der Waals surface area (Å²) in [7, 11) is 0. The van der Waals surface area contributed by atoms with Gasteiger partial charge in [-0.1, -0.05) is 6.92 Å². The van der Waals surface area contributed by atoms with Crippen LogP contribution in [0.1, 0.15) is 52.9 Å². The molecule has 0 aromatic carbocycles. The lowest BCUT2D eigenvalue weighted by molar-refractivity contribution is -0.148. The van der Waals surface area contributed by atoms with Crippen molar-refractivity contribution in [3.05, 3.63) is 0 Å². The van der Waals surface area contributed by atoms with Gasteiger partial charge in [0.05, 0.1) is 17.8 Å². The van der Waals surface area contributed by atoms with E-state index >= 15 is 0 Å². The van der Waals surface area contributed by atoms with Gasteiger partial charge in [0.1, 0.15) is 0 Å². The van der Waals surface area contributed by atoms with Crippen LogP contribution in [0.2, 0.25) is 0 Å². The highest BCUT2D eigenvalue weighted by Gasteiger charge is 2.48. The molecule has 0 aromatic rings. The maximum atomic E-state index is 6.66. The molecule has 3 heteroatoms. The van der Waals surface area contributed by atoms with Gasteiger partial charge in [0, 0.05) is 18.6 Å². The van der Waals surface area contributed by atoms with E-state index in [2.05, 4.69) is 20.8 Å². The first-order valence-corrected chi connectivity index (χ1v) is 8.07. The van der Waals surface area contributed by atoms with Gasteiger partial charge in [-0.25, -0.2) is 0 Å². The Balaban J connectivity index is 1.67. The fourth-order valence-corrected chi connectivity index (χ4v) is 4.59. The standard InChI is InChI=1S/C16H29NO2/c1-10-11(2)19-12(3)14(10)15(17)13-5-8-18-16(9-13)6-4-7-16/h10-15H,4-9,17H2,1-3H3. The summed E-state index contributed by atoms with van der Waals surface area (Å²) in [5.41, 5.74) is 6.87. The summed E-state index contributed by atoms with van der Waals surface area (Å²) in [6.45, 7) is 7.59. The van der Waals surface area contributed by atoms with E-state index in [0.29, 0.717) is 30.0 Å². The largest absolute Gasteiger partial charge is 0.375 e. The Morgan fingerprint density at radius 1 is 1.16 bits per heavy atom. The lowest BCUT2D eigenvalue weighted by Gasteiger charge is -2.49. The molecule has 19 heavy (non-hydrogen) atoms. The van der Waals surface area contributed by atoms with Crippen LogP contribution in [-0.4, -0.2) is 30.5 Å². The summed E-state index contributed by atoms with van der Waals surface area (Å²) >= 11 is 0. The van der Waals surface area contributed by atoms with Gasteiger partial charge in [-0.3, -0.25) is 0 Å². The van der Waals surface area contributed by atoms with Crippen molar-refractivity contribution in [1.29, 1.82) is 0 Å². The molecule has 6 unspecified atom stereocenters. The minimum Gasteiger partial charge on any atom is -0.375 e. The Kier molecular flexibility index (Phi) is 3.65. The molecule has 1 saturated carbocycles. The molecule has 2 heterocycles. The molecule has 3 nitrogen and oxygen atoms in total. The zero-order valence-electron chi connectivity index (χ0n) is 12.6. The molecule has 6 atom stereocenters. The van der Waals surface area contributed by atoms with Crippen LogP contribution in [0, 0.1) is 17.8 Å². The van der Waals surface area contributed by atoms with Crippen molar-refractivity contribution in [1.82, 2.24) is 0 Å². The maximum absolute atomic E-state index is 6.66. The Morgan fingerprint density at radius 2 is 1.89 bits per heavy atom. The van der Waals surface area contributed by atoms with Gasteiger partial charge < -0.3 is 15.2 Å². The molecule has 3 fully saturated rings. The van der Waals surface area contributed by atoms with Crippen molar-refractivity contribution in [3.63, 3.8) is 0 Å². The quantitative estimate of drug-likeness (QED) is 0.836. The number of nitrogens with two attached hydrogens (primary N) is 1. The average Bonchev–Trinajstić information content (AvgIpc) is 2.61. The zero-order chi connectivity index (χ0) is 13.6. The molecule has 110 valence electrons. The zero-order valence-corrected chi connectivity index (χ0v) is 12.6. The van der Waals surface area contributed by atoms with Crippen LogP contribution in [0.25, 0.3) is 0 Å². The monoisotopic (exact) mass is 267 g/mol. The van der Waals surface area contributed by atoms with Gasteiger partial charge in [0.25, 0.3) is 0 Å². The average molecular weight is 267 g/mol. The maximum Gasteiger partial charge on any atom is 0.0685 e. The molecule has 2 aliphatic heterocycles. The first-order valence-electron chi connectivity index (χ1n) is 8.07. The first kappa shape index (κ1) is 13.8. The van der Waals surface area contributed by atoms with Gasteiger partial charge in [0.2, 0.25) is 0 Å². The highest BCUT2D eigenvalue weighted by molar-refractivity contribution is 5.00. The van der Waals surface area contributed by atoms with Crippen LogP contribution >= 0.6 is 0 Å². The SMILES string of the molecule is CC1OC(C)C(C(N)C2CCOC3(CCC3)C2)C1C. The van der Waals surface area contributed by atoms with E-state index in [-0.39, 0.29) is 11.6 Å². The molecule has 2 N–H and O–H groups in total. The molecule has 1 spiro atoms. The Labute approximate surface area is 117 Å². The van der Waals surface area contributed by atoms with E-state index < -0.39 is 0 Å². The van der Waals surface area contributed by atoms with Crippen molar-refractivity contribution in [2.24, 2.45) is 23.5 Å². The van der Waals surface area contributed by atoms with Gasteiger partial charge in [-0.2, -0.15) is 0 Å². The van der Waals surface area contributed by atoms with Crippen LogP contribution in [-0.2, 0) is 9.47 Å².